The highest BCUT2D eigenvalue weighted by molar-refractivity contribution is 7.80. The first-order valence-corrected chi connectivity index (χ1v) is 13.1. The van der Waals surface area contributed by atoms with Crippen molar-refractivity contribution < 1.29 is 14.4 Å². The molecule has 5 rings (SSSR count). The molecule has 3 aromatic rings. The van der Waals surface area contributed by atoms with Gasteiger partial charge < -0.3 is 24.3 Å². The molecule has 0 amide bonds. The second kappa shape index (κ2) is 11.1. The van der Waals surface area contributed by atoms with Crippen LogP contribution in [0.3, 0.4) is 0 Å². The van der Waals surface area contributed by atoms with Crippen molar-refractivity contribution in [3.63, 3.8) is 0 Å². The van der Waals surface area contributed by atoms with Gasteiger partial charge in [0.25, 0.3) is 5.69 Å². The van der Waals surface area contributed by atoms with Crippen molar-refractivity contribution in [2.24, 2.45) is 0 Å². The predicted molar refractivity (Wildman–Crippen MR) is 148 cm³/mol. The lowest BCUT2D eigenvalue weighted by atomic mass is 9.96. The number of nitrogens with one attached hydrogen (secondary N) is 1. The minimum Gasteiger partial charge on any atom is -0.496 e. The molecule has 4 heterocycles. The largest absolute Gasteiger partial charge is 0.496 e. The van der Waals surface area contributed by atoms with E-state index in [-0.39, 0.29) is 22.7 Å². The molecule has 2 atom stereocenters. The maximum Gasteiger partial charge on any atom is 0.296 e. The Morgan fingerprint density at radius 2 is 1.97 bits per heavy atom. The van der Waals surface area contributed by atoms with Gasteiger partial charge in [0.1, 0.15) is 11.4 Å². The Labute approximate surface area is 227 Å². The van der Waals surface area contributed by atoms with Gasteiger partial charge in [-0.25, -0.2) is 0 Å². The normalized spacial score (nSPS) is 20.0. The van der Waals surface area contributed by atoms with E-state index in [2.05, 4.69) is 26.2 Å². The number of rotatable bonds is 8. The molecule has 1 aromatic carbocycles. The molecule has 1 N–H and O–H groups in total. The first-order chi connectivity index (χ1) is 18.4. The second-order valence-electron chi connectivity index (χ2n) is 9.55. The van der Waals surface area contributed by atoms with Gasteiger partial charge in [-0.15, -0.1) is 0 Å². The monoisotopic (exact) mass is 536 g/mol. The van der Waals surface area contributed by atoms with Crippen LogP contribution in [0.2, 0.25) is 0 Å². The van der Waals surface area contributed by atoms with Gasteiger partial charge in [0, 0.05) is 43.8 Å². The van der Waals surface area contributed by atoms with Crippen LogP contribution in [0.1, 0.15) is 34.7 Å². The summed E-state index contributed by atoms with van der Waals surface area (Å²) in [5.74, 6) is 0.443. The lowest BCUT2D eigenvalue weighted by Gasteiger charge is -2.32. The fourth-order valence-electron chi connectivity index (χ4n) is 5.48. The van der Waals surface area contributed by atoms with Crippen molar-refractivity contribution in [2.45, 2.75) is 25.9 Å². The first kappa shape index (κ1) is 26.1. The molecule has 0 saturated carbocycles. The van der Waals surface area contributed by atoms with Crippen LogP contribution in [-0.2, 0) is 4.74 Å². The van der Waals surface area contributed by atoms with E-state index in [9.17, 15) is 10.1 Å². The molecular weight excluding hydrogens is 504 g/mol. The highest BCUT2D eigenvalue weighted by Crippen LogP contribution is 2.42. The number of morpholine rings is 1. The van der Waals surface area contributed by atoms with Gasteiger partial charge in [0.15, 0.2) is 5.11 Å². The quantitative estimate of drug-likeness (QED) is 0.262. The number of aryl methyl sites for hydroxylation is 1. The summed E-state index contributed by atoms with van der Waals surface area (Å²) in [5, 5.41) is 16.2. The van der Waals surface area contributed by atoms with E-state index in [0.29, 0.717) is 16.5 Å². The molecule has 38 heavy (non-hydrogen) atoms. The Bertz CT molecular complexity index is 1320. The van der Waals surface area contributed by atoms with E-state index in [0.717, 1.165) is 62.0 Å². The molecule has 2 aromatic heterocycles. The maximum atomic E-state index is 12.0. The van der Waals surface area contributed by atoms with Crippen molar-refractivity contribution in [1.82, 2.24) is 24.7 Å². The Balaban J connectivity index is 1.56. The van der Waals surface area contributed by atoms with Gasteiger partial charge >= 0.3 is 0 Å². The van der Waals surface area contributed by atoms with Gasteiger partial charge in [0.05, 0.1) is 49.1 Å². The number of ether oxygens (including phenoxy) is 2. The van der Waals surface area contributed by atoms with Crippen LogP contribution in [0.4, 0.5) is 5.69 Å². The van der Waals surface area contributed by atoms with Crippen molar-refractivity contribution in [3.8, 4) is 11.4 Å². The van der Waals surface area contributed by atoms with Gasteiger partial charge in [-0.2, -0.15) is 0 Å². The molecule has 11 heteroatoms. The van der Waals surface area contributed by atoms with Crippen LogP contribution in [0.5, 0.6) is 5.75 Å². The van der Waals surface area contributed by atoms with Gasteiger partial charge in [-0.1, -0.05) is 6.07 Å². The molecule has 10 nitrogen and oxygen atoms in total. The van der Waals surface area contributed by atoms with Crippen LogP contribution in [-0.4, -0.2) is 75.9 Å². The lowest BCUT2D eigenvalue weighted by Crippen LogP contribution is -2.42. The zero-order chi connectivity index (χ0) is 26.8. The highest BCUT2D eigenvalue weighted by atomic mass is 32.1. The number of nitro groups is 1. The molecule has 0 radical (unpaired) electrons. The molecule has 2 saturated heterocycles. The highest BCUT2D eigenvalue weighted by Gasteiger charge is 2.41. The van der Waals surface area contributed by atoms with E-state index in [4.69, 9.17) is 21.7 Å². The number of aromatic nitrogens is 2. The smallest absolute Gasteiger partial charge is 0.296 e. The molecule has 0 spiro atoms. The zero-order valence-electron chi connectivity index (χ0n) is 21.8. The SMILES string of the molecule is COc1ccc(-n2c(C)cc([C@@H]3[C@@H](c4ccccn4)NC(=S)N3CCN3CCOCC3)c2C)c([N+](=O)[O-])c1. The number of pyridine rings is 1. The Hall–Kier alpha value is -3.54. The molecular formula is C27H32N6O4S. The van der Waals surface area contributed by atoms with Crippen LogP contribution in [0.25, 0.3) is 5.69 Å². The predicted octanol–water partition coefficient (Wildman–Crippen LogP) is 3.71. The standard InChI is InChI=1S/C27H32N6O4S/c1-18-16-21(19(2)32(18)23-8-7-20(36-3)17-24(23)33(34)35)26-25(22-6-4-5-9-28-22)29-27(38)31(26)11-10-30-12-14-37-15-13-30/h4-9,16-17,25-26H,10-15H2,1-3H3,(H,29,38)/t25-,26-/m1/s1. The van der Waals surface area contributed by atoms with Crippen molar-refractivity contribution in [1.29, 1.82) is 0 Å². The number of nitro benzene ring substituents is 1. The van der Waals surface area contributed by atoms with E-state index in [1.165, 1.54) is 13.2 Å². The molecule has 0 bridgehead atoms. The average Bonchev–Trinajstić information content (AvgIpc) is 3.42. The summed E-state index contributed by atoms with van der Waals surface area (Å²) in [6.45, 7) is 8.86. The number of nitrogens with zero attached hydrogens (tertiary/aromatic N) is 5. The van der Waals surface area contributed by atoms with E-state index in [1.54, 1.807) is 18.3 Å². The number of thiocarbonyl (C=S) groups is 1. The van der Waals surface area contributed by atoms with Crippen LogP contribution >= 0.6 is 12.2 Å². The van der Waals surface area contributed by atoms with E-state index < -0.39 is 0 Å². The Morgan fingerprint density at radius 1 is 1.18 bits per heavy atom. The van der Waals surface area contributed by atoms with E-state index >= 15 is 0 Å². The summed E-state index contributed by atoms with van der Waals surface area (Å²) in [5.41, 5.74) is 4.26. The fraction of sp³-hybridized carbons (Fsp3) is 0.407. The minimum atomic E-state index is -0.367. The lowest BCUT2D eigenvalue weighted by molar-refractivity contribution is -0.384. The third-order valence-electron chi connectivity index (χ3n) is 7.37. The van der Waals surface area contributed by atoms with Crippen LogP contribution in [0, 0.1) is 24.0 Å². The maximum absolute atomic E-state index is 12.0. The van der Waals surface area contributed by atoms with Crippen LogP contribution < -0.4 is 10.1 Å². The summed E-state index contributed by atoms with van der Waals surface area (Å²) in [7, 11) is 1.50. The van der Waals surface area contributed by atoms with Crippen molar-refractivity contribution in [2.75, 3.05) is 46.5 Å². The fourth-order valence-corrected chi connectivity index (χ4v) is 5.81. The topological polar surface area (TPSA) is 97.9 Å². The molecule has 200 valence electrons. The van der Waals surface area contributed by atoms with E-state index in [1.807, 2.05) is 36.6 Å². The summed E-state index contributed by atoms with van der Waals surface area (Å²) < 4.78 is 12.7. The third kappa shape index (κ3) is 4.96. The number of methoxy groups -OCH3 is 1. The van der Waals surface area contributed by atoms with Crippen LogP contribution in [0.15, 0.2) is 48.7 Å². The number of hydrogen-bond donors (Lipinski definition) is 1. The van der Waals surface area contributed by atoms with Crippen molar-refractivity contribution in [3.05, 3.63) is 81.4 Å². The molecule has 2 aliphatic rings. The first-order valence-electron chi connectivity index (χ1n) is 12.7. The number of benzene rings is 1. The van der Waals surface area contributed by atoms with Crippen molar-refractivity contribution >= 4 is 23.0 Å². The second-order valence-corrected chi connectivity index (χ2v) is 9.93. The summed E-state index contributed by atoms with van der Waals surface area (Å²) in [4.78, 5) is 20.9. The Kier molecular flexibility index (Phi) is 7.59. The third-order valence-corrected chi connectivity index (χ3v) is 7.72. The molecule has 2 aliphatic heterocycles. The Morgan fingerprint density at radius 3 is 2.66 bits per heavy atom. The minimum absolute atomic E-state index is 0.0109. The number of hydrogen-bond acceptors (Lipinski definition) is 7. The summed E-state index contributed by atoms with van der Waals surface area (Å²) >= 11 is 5.85. The van der Waals surface area contributed by atoms with Gasteiger partial charge in [-0.05, 0) is 62.0 Å². The van der Waals surface area contributed by atoms with Gasteiger partial charge in [0.2, 0.25) is 0 Å². The molecule has 2 fully saturated rings. The molecule has 0 aliphatic carbocycles. The average molecular weight is 537 g/mol. The van der Waals surface area contributed by atoms with Gasteiger partial charge in [-0.3, -0.25) is 20.0 Å². The molecule has 0 unspecified atom stereocenters. The zero-order valence-corrected chi connectivity index (χ0v) is 22.6. The summed E-state index contributed by atoms with van der Waals surface area (Å²) in [6.07, 6.45) is 1.79. The summed E-state index contributed by atoms with van der Waals surface area (Å²) in [6, 6.07) is 12.7.